The van der Waals surface area contributed by atoms with Gasteiger partial charge in [-0.1, -0.05) is 0 Å². The van der Waals surface area contributed by atoms with Gasteiger partial charge in [-0.3, -0.25) is 10.0 Å². The number of hydrogen-bond donors (Lipinski definition) is 0. The highest BCUT2D eigenvalue weighted by atomic mass is 19.3. The van der Waals surface area contributed by atoms with E-state index in [1.54, 1.807) is 6.21 Å². The molecule has 5 unspecified atom stereocenters. The average molecular weight is 369 g/mol. The number of halogens is 3. The van der Waals surface area contributed by atoms with Gasteiger partial charge in [0.1, 0.15) is 12.0 Å². The highest BCUT2D eigenvalue weighted by Crippen LogP contribution is 2.40. The maximum Gasteiger partial charge on any atom is 0.242 e. The van der Waals surface area contributed by atoms with Crippen LogP contribution in [0.5, 0.6) is 0 Å². The first-order valence-corrected chi connectivity index (χ1v) is 9.56. The van der Waals surface area contributed by atoms with Gasteiger partial charge >= 0.3 is 0 Å². The second-order valence-corrected chi connectivity index (χ2v) is 7.99. The molecule has 1 saturated carbocycles. The molecule has 3 heterocycles. The summed E-state index contributed by atoms with van der Waals surface area (Å²) < 4.78 is 41.1. The number of hydrazone groups is 2. The Labute approximate surface area is 152 Å². The Kier molecular flexibility index (Phi) is 4.69. The monoisotopic (exact) mass is 369 g/mol. The fourth-order valence-corrected chi connectivity index (χ4v) is 4.66. The fraction of sp³-hybridized carbons (Fsp3) is 0.833. The summed E-state index contributed by atoms with van der Waals surface area (Å²) in [4.78, 5) is 4.89. The summed E-state index contributed by atoms with van der Waals surface area (Å²) in [7, 11) is 1.89. The van der Waals surface area contributed by atoms with Crippen molar-refractivity contribution in [1.82, 2.24) is 10.0 Å². The average Bonchev–Trinajstić information content (AvgIpc) is 3.19. The molecule has 5 atom stereocenters. The van der Waals surface area contributed by atoms with Gasteiger partial charge in [-0.15, -0.1) is 0 Å². The van der Waals surface area contributed by atoms with E-state index in [2.05, 4.69) is 10.2 Å². The third-order valence-electron chi connectivity index (χ3n) is 6.47. The topological polar surface area (TPSA) is 43.6 Å². The van der Waals surface area contributed by atoms with Gasteiger partial charge in [0.2, 0.25) is 6.43 Å². The van der Waals surface area contributed by atoms with Crippen LogP contribution in [0.15, 0.2) is 15.2 Å². The molecule has 0 radical (unpaired) electrons. The van der Waals surface area contributed by atoms with E-state index in [0.29, 0.717) is 37.9 Å². The maximum absolute atomic E-state index is 13.8. The molecule has 4 rings (SSSR count). The van der Waals surface area contributed by atoms with Crippen LogP contribution in [0.2, 0.25) is 0 Å². The summed E-state index contributed by atoms with van der Waals surface area (Å²) in [5.74, 6) is -0.520. The first kappa shape index (κ1) is 17.8. The minimum atomic E-state index is -2.41. The zero-order valence-corrected chi connectivity index (χ0v) is 15.2. The van der Waals surface area contributed by atoms with Crippen molar-refractivity contribution in [3.05, 3.63) is 0 Å². The Morgan fingerprint density at radius 1 is 1.12 bits per heavy atom. The maximum atomic E-state index is 13.8. The van der Waals surface area contributed by atoms with Crippen LogP contribution in [0.25, 0.3) is 0 Å². The molecule has 0 N–H and O–H groups in total. The molecule has 26 heavy (non-hydrogen) atoms. The van der Waals surface area contributed by atoms with Crippen molar-refractivity contribution >= 4 is 18.3 Å². The van der Waals surface area contributed by atoms with E-state index in [1.165, 1.54) is 0 Å². The lowest BCUT2D eigenvalue weighted by Crippen LogP contribution is -2.47. The largest absolute Gasteiger partial charge is 0.297 e. The van der Waals surface area contributed by atoms with Crippen LogP contribution < -0.4 is 0 Å². The molecular formula is C18H26F3N5. The number of alkyl halides is 3. The normalized spacial score (nSPS) is 42.5. The van der Waals surface area contributed by atoms with Gasteiger partial charge in [-0.2, -0.15) is 10.2 Å². The Morgan fingerprint density at radius 3 is 2.46 bits per heavy atom. The Morgan fingerprint density at radius 2 is 1.85 bits per heavy atom. The van der Waals surface area contributed by atoms with E-state index >= 15 is 0 Å². The summed E-state index contributed by atoms with van der Waals surface area (Å²) in [6, 6.07) is -0.0148. The van der Waals surface area contributed by atoms with Gasteiger partial charge in [0, 0.05) is 31.3 Å². The van der Waals surface area contributed by atoms with Crippen LogP contribution in [0.4, 0.5) is 13.2 Å². The molecule has 0 amide bonds. The SMILES string of the molecule is CC1C(C2CC(C(F)F)C3C=NN(C4CCC(F)CC4)C3=N2)C=NN1C. The van der Waals surface area contributed by atoms with Gasteiger partial charge in [0.15, 0.2) is 0 Å². The molecule has 1 aliphatic carbocycles. The molecule has 0 aromatic heterocycles. The predicted octanol–water partition coefficient (Wildman–Crippen LogP) is 3.17. The van der Waals surface area contributed by atoms with Crippen LogP contribution >= 0.6 is 0 Å². The summed E-state index contributed by atoms with van der Waals surface area (Å²) in [5.41, 5.74) is 0. The van der Waals surface area contributed by atoms with Crippen LogP contribution in [0.3, 0.4) is 0 Å². The van der Waals surface area contributed by atoms with Crippen LogP contribution in [0.1, 0.15) is 39.0 Å². The number of aliphatic imine (C=N–C) groups is 1. The van der Waals surface area contributed by atoms with Crippen molar-refractivity contribution in [3.63, 3.8) is 0 Å². The van der Waals surface area contributed by atoms with Gasteiger partial charge in [-0.25, -0.2) is 18.2 Å². The van der Waals surface area contributed by atoms with Gasteiger partial charge in [-0.05, 0) is 39.0 Å². The lowest BCUT2D eigenvalue weighted by molar-refractivity contribution is 0.0527. The smallest absolute Gasteiger partial charge is 0.242 e. The molecule has 1 fully saturated rings. The predicted molar refractivity (Wildman–Crippen MR) is 95.5 cm³/mol. The van der Waals surface area contributed by atoms with Gasteiger partial charge in [0.05, 0.1) is 24.0 Å². The van der Waals surface area contributed by atoms with Crippen LogP contribution in [-0.4, -0.2) is 66.1 Å². The number of amidine groups is 1. The van der Waals surface area contributed by atoms with Crippen molar-refractivity contribution in [1.29, 1.82) is 0 Å². The Balaban J connectivity index is 1.60. The zero-order chi connectivity index (χ0) is 18.4. The first-order chi connectivity index (χ1) is 12.5. The highest BCUT2D eigenvalue weighted by molar-refractivity contribution is 6.02. The van der Waals surface area contributed by atoms with Crippen molar-refractivity contribution < 1.29 is 13.2 Å². The van der Waals surface area contributed by atoms with E-state index in [4.69, 9.17) is 4.99 Å². The lowest BCUT2D eigenvalue weighted by atomic mass is 9.79. The quantitative estimate of drug-likeness (QED) is 0.767. The molecule has 0 saturated heterocycles. The lowest BCUT2D eigenvalue weighted by Gasteiger charge is -2.38. The molecule has 3 aliphatic heterocycles. The van der Waals surface area contributed by atoms with Crippen LogP contribution in [-0.2, 0) is 0 Å². The standard InChI is InChI=1S/C18H26F3N5/c1-10-14(8-22-25(10)2)16-7-13(17(20)21)15-9-23-26(18(15)24-16)12-5-3-11(19)4-6-12/h8-17H,3-7H2,1-2H3. The number of rotatable bonds is 3. The molecule has 0 spiro atoms. The van der Waals surface area contributed by atoms with Crippen molar-refractivity contribution in [2.24, 2.45) is 32.9 Å². The van der Waals surface area contributed by atoms with E-state index < -0.39 is 24.4 Å². The molecule has 144 valence electrons. The third-order valence-corrected chi connectivity index (χ3v) is 6.47. The molecule has 0 aromatic carbocycles. The summed E-state index contributed by atoms with van der Waals surface area (Å²) >= 11 is 0. The second-order valence-electron chi connectivity index (χ2n) is 7.99. The van der Waals surface area contributed by atoms with Crippen LogP contribution in [0, 0.1) is 17.8 Å². The van der Waals surface area contributed by atoms with Gasteiger partial charge < -0.3 is 0 Å². The minimum Gasteiger partial charge on any atom is -0.297 e. The second kappa shape index (κ2) is 6.85. The fourth-order valence-electron chi connectivity index (χ4n) is 4.66. The van der Waals surface area contributed by atoms with E-state index in [-0.39, 0.29) is 24.0 Å². The van der Waals surface area contributed by atoms with E-state index in [0.717, 1.165) is 0 Å². The van der Waals surface area contributed by atoms with Crippen molar-refractivity contribution in [2.75, 3.05) is 7.05 Å². The zero-order valence-electron chi connectivity index (χ0n) is 15.2. The van der Waals surface area contributed by atoms with Crippen molar-refractivity contribution in [3.8, 4) is 0 Å². The summed E-state index contributed by atoms with van der Waals surface area (Å²) in [6.07, 6.45) is 3.06. The Bertz CT molecular complexity index is 614. The van der Waals surface area contributed by atoms with E-state index in [1.807, 2.05) is 30.2 Å². The van der Waals surface area contributed by atoms with E-state index in [9.17, 15) is 13.2 Å². The molecule has 4 aliphatic rings. The van der Waals surface area contributed by atoms with Crippen molar-refractivity contribution in [2.45, 2.75) is 69.8 Å². The molecule has 0 bridgehead atoms. The third kappa shape index (κ3) is 3.01. The molecule has 0 aromatic rings. The number of fused-ring (bicyclic) bond motifs is 1. The number of nitrogens with zero attached hydrogens (tertiary/aromatic N) is 5. The summed E-state index contributed by atoms with van der Waals surface area (Å²) in [5, 5.41) is 12.4. The minimum absolute atomic E-state index is 0.0266. The summed E-state index contributed by atoms with van der Waals surface area (Å²) in [6.45, 7) is 2.05. The Hall–Kier alpha value is -1.60. The highest BCUT2D eigenvalue weighted by Gasteiger charge is 2.47. The van der Waals surface area contributed by atoms with Gasteiger partial charge in [0.25, 0.3) is 0 Å². The molecular weight excluding hydrogens is 343 g/mol. The first-order valence-electron chi connectivity index (χ1n) is 9.56. The molecule has 5 nitrogen and oxygen atoms in total. The molecule has 8 heteroatoms. The number of hydrogen-bond acceptors (Lipinski definition) is 5.